The second kappa shape index (κ2) is 12.8. The van der Waals surface area contributed by atoms with Gasteiger partial charge in [-0.3, -0.25) is 4.90 Å². The number of hydrogen-bond donors (Lipinski definition) is 1. The number of piperidine rings is 1. The van der Waals surface area contributed by atoms with Crippen molar-refractivity contribution in [1.29, 1.82) is 0 Å². The number of fused-ring (bicyclic) bond motifs is 1. The fourth-order valence-electron chi connectivity index (χ4n) is 5.79. The lowest BCUT2D eigenvalue weighted by atomic mass is 9.68. The van der Waals surface area contributed by atoms with E-state index in [1.165, 1.54) is 46.1 Å². The topological polar surface area (TPSA) is 20.2 Å². The highest BCUT2D eigenvalue weighted by atomic mass is 15.1. The first-order valence-corrected chi connectivity index (χ1v) is 13.2. The number of allylic oxidation sites excluding steroid dienone is 4. The van der Waals surface area contributed by atoms with Crippen LogP contribution in [-0.4, -0.2) is 35.6 Å². The van der Waals surface area contributed by atoms with Crippen molar-refractivity contribution >= 4 is 17.0 Å². The van der Waals surface area contributed by atoms with E-state index in [1.807, 2.05) is 0 Å². The number of aromatic nitrogens is 1. The smallest absolute Gasteiger partial charge is 0.0497 e. The maximum Gasteiger partial charge on any atom is 0.0497 e. The first-order chi connectivity index (χ1) is 17.4. The number of aryl methyl sites for hydroxylation is 1. The third kappa shape index (κ3) is 6.04. The number of likely N-dealkylation sites (tertiary alicyclic amines) is 1. The van der Waals surface area contributed by atoms with Crippen LogP contribution in [0.1, 0.15) is 63.3 Å². The van der Waals surface area contributed by atoms with Crippen LogP contribution in [-0.2, 0) is 20.0 Å². The molecule has 3 nitrogen and oxygen atoms in total. The molecule has 0 spiro atoms. The van der Waals surface area contributed by atoms with E-state index in [0.29, 0.717) is 18.9 Å². The summed E-state index contributed by atoms with van der Waals surface area (Å²) in [6, 6.07) is 7.25. The zero-order valence-corrected chi connectivity index (χ0v) is 22.9. The Hall–Kier alpha value is -2.98. The Balaban J connectivity index is 1.78. The SMILES string of the molecule is C#CC/C=C/C(CC1(/C(C)=C/C)CCN(Cc2ccc3c(c2)c(/C=C\C)c(CC#C)n3C)CC1)NC. The molecule has 1 aromatic carbocycles. The summed E-state index contributed by atoms with van der Waals surface area (Å²) in [5.74, 6) is 5.54. The maximum atomic E-state index is 5.68. The molecule has 1 aliphatic rings. The molecule has 3 heteroatoms. The van der Waals surface area contributed by atoms with Crippen molar-refractivity contribution in [2.45, 2.75) is 65.5 Å². The second-order valence-electron chi connectivity index (χ2n) is 10.1. The fourth-order valence-corrected chi connectivity index (χ4v) is 5.79. The predicted molar refractivity (Wildman–Crippen MR) is 157 cm³/mol. The molecule has 1 saturated heterocycles. The molecule has 1 fully saturated rings. The summed E-state index contributed by atoms with van der Waals surface area (Å²) < 4.78 is 2.25. The van der Waals surface area contributed by atoms with Crippen molar-refractivity contribution in [3.05, 3.63) is 64.9 Å². The maximum absolute atomic E-state index is 5.68. The Labute approximate surface area is 219 Å². The lowest BCUT2D eigenvalue weighted by Gasteiger charge is -2.44. The van der Waals surface area contributed by atoms with E-state index in [1.54, 1.807) is 0 Å². The minimum Gasteiger partial charge on any atom is -0.346 e. The number of nitrogens with one attached hydrogen (secondary N) is 1. The van der Waals surface area contributed by atoms with Gasteiger partial charge in [-0.15, -0.1) is 24.7 Å². The Morgan fingerprint density at radius 2 is 1.94 bits per heavy atom. The van der Waals surface area contributed by atoms with Gasteiger partial charge >= 0.3 is 0 Å². The molecule has 0 amide bonds. The standard InChI is InChI=1S/C33H43N3/c1-8-12-13-16-28(34-6)24-33(26(5)11-4)19-21-36(22-20-33)25-27-17-18-32-30(23-27)29(14-9-2)31(15-10-3)35(32)7/h1,3,9,11,13-14,16-18,23,28,34H,12,15,19-22,24-25H2,2,4-7H3/b14-9-,16-13+,26-11+. The van der Waals surface area contributed by atoms with Crippen LogP contribution in [0.2, 0.25) is 0 Å². The van der Waals surface area contributed by atoms with E-state index < -0.39 is 0 Å². The number of hydrogen-bond acceptors (Lipinski definition) is 2. The van der Waals surface area contributed by atoms with Crippen molar-refractivity contribution in [3.8, 4) is 24.7 Å². The van der Waals surface area contributed by atoms with Crippen LogP contribution in [0.3, 0.4) is 0 Å². The number of benzene rings is 1. The van der Waals surface area contributed by atoms with Crippen molar-refractivity contribution in [1.82, 2.24) is 14.8 Å². The van der Waals surface area contributed by atoms with Crippen molar-refractivity contribution in [3.63, 3.8) is 0 Å². The lowest BCUT2D eigenvalue weighted by molar-refractivity contribution is 0.113. The van der Waals surface area contributed by atoms with Crippen LogP contribution in [0.5, 0.6) is 0 Å². The monoisotopic (exact) mass is 481 g/mol. The summed E-state index contributed by atoms with van der Waals surface area (Å²) in [6.45, 7) is 9.75. The Kier molecular flexibility index (Phi) is 9.83. The van der Waals surface area contributed by atoms with Gasteiger partial charge in [-0.1, -0.05) is 42.0 Å². The third-order valence-electron chi connectivity index (χ3n) is 8.11. The molecular formula is C33H43N3. The molecule has 1 aliphatic heterocycles. The quantitative estimate of drug-likeness (QED) is 0.309. The third-order valence-corrected chi connectivity index (χ3v) is 8.11. The Morgan fingerprint density at radius 1 is 1.19 bits per heavy atom. The highest BCUT2D eigenvalue weighted by Gasteiger charge is 2.37. The van der Waals surface area contributed by atoms with Crippen LogP contribution in [0.15, 0.2) is 48.1 Å². The molecule has 3 rings (SSSR count). The van der Waals surface area contributed by atoms with Crippen LogP contribution in [0, 0.1) is 30.1 Å². The molecule has 36 heavy (non-hydrogen) atoms. The van der Waals surface area contributed by atoms with Crippen LogP contribution >= 0.6 is 0 Å². The van der Waals surface area contributed by atoms with E-state index in [2.05, 4.69) is 110 Å². The molecule has 1 aromatic heterocycles. The summed E-state index contributed by atoms with van der Waals surface area (Å²) in [7, 11) is 4.17. The molecule has 1 N–H and O–H groups in total. The molecule has 2 heterocycles. The molecular weight excluding hydrogens is 438 g/mol. The number of nitrogens with zero attached hydrogens (tertiary/aromatic N) is 2. The normalized spacial score (nSPS) is 17.6. The van der Waals surface area contributed by atoms with Crippen LogP contribution in [0.4, 0.5) is 0 Å². The largest absolute Gasteiger partial charge is 0.346 e. The Morgan fingerprint density at radius 3 is 2.56 bits per heavy atom. The van der Waals surface area contributed by atoms with Gasteiger partial charge in [0.2, 0.25) is 0 Å². The van der Waals surface area contributed by atoms with E-state index in [-0.39, 0.29) is 5.41 Å². The summed E-state index contributed by atoms with van der Waals surface area (Å²) in [4.78, 5) is 2.62. The average molecular weight is 482 g/mol. The van der Waals surface area contributed by atoms with Crippen molar-refractivity contribution in [2.24, 2.45) is 12.5 Å². The van der Waals surface area contributed by atoms with Gasteiger partial charge in [-0.2, -0.15) is 0 Å². The van der Waals surface area contributed by atoms with E-state index in [9.17, 15) is 0 Å². The highest BCUT2D eigenvalue weighted by molar-refractivity contribution is 5.92. The molecule has 190 valence electrons. The molecule has 1 unspecified atom stereocenters. The van der Waals surface area contributed by atoms with E-state index >= 15 is 0 Å². The van der Waals surface area contributed by atoms with E-state index in [0.717, 1.165) is 26.1 Å². The predicted octanol–water partition coefficient (Wildman–Crippen LogP) is 6.49. The molecule has 1 atom stereocenters. The van der Waals surface area contributed by atoms with Crippen LogP contribution < -0.4 is 5.32 Å². The summed E-state index contributed by atoms with van der Waals surface area (Å²) >= 11 is 0. The molecule has 0 bridgehead atoms. The Bertz CT molecular complexity index is 1200. The second-order valence-corrected chi connectivity index (χ2v) is 10.1. The van der Waals surface area contributed by atoms with Gasteiger partial charge in [0.15, 0.2) is 0 Å². The summed E-state index contributed by atoms with van der Waals surface area (Å²) in [5, 5.41) is 4.79. The van der Waals surface area contributed by atoms with Gasteiger partial charge < -0.3 is 9.88 Å². The average Bonchev–Trinajstić information content (AvgIpc) is 3.15. The minimum absolute atomic E-state index is 0.228. The first-order valence-electron chi connectivity index (χ1n) is 13.2. The zero-order valence-electron chi connectivity index (χ0n) is 22.9. The molecule has 2 aromatic rings. The first kappa shape index (κ1) is 27.6. The van der Waals surface area contributed by atoms with Gasteiger partial charge in [0.05, 0.1) is 0 Å². The number of likely N-dealkylation sites (N-methyl/N-ethyl adjacent to an activating group) is 1. The van der Waals surface area contributed by atoms with Gasteiger partial charge in [0, 0.05) is 54.6 Å². The van der Waals surface area contributed by atoms with E-state index in [4.69, 9.17) is 12.8 Å². The van der Waals surface area contributed by atoms with Crippen molar-refractivity contribution < 1.29 is 0 Å². The van der Waals surface area contributed by atoms with Crippen molar-refractivity contribution in [2.75, 3.05) is 20.1 Å². The number of terminal acetylenes is 2. The molecule has 0 radical (unpaired) electrons. The number of rotatable bonds is 10. The highest BCUT2D eigenvalue weighted by Crippen LogP contribution is 2.43. The van der Waals surface area contributed by atoms with Crippen LogP contribution in [0.25, 0.3) is 17.0 Å². The zero-order chi connectivity index (χ0) is 26.1. The van der Waals surface area contributed by atoms with Gasteiger partial charge in [-0.25, -0.2) is 0 Å². The van der Waals surface area contributed by atoms with Gasteiger partial charge in [-0.05, 0) is 83.3 Å². The van der Waals surface area contributed by atoms with Gasteiger partial charge in [0.1, 0.15) is 0 Å². The lowest BCUT2D eigenvalue weighted by Crippen LogP contribution is -2.43. The molecule has 0 aliphatic carbocycles. The summed E-state index contributed by atoms with van der Waals surface area (Å²) in [5.41, 5.74) is 6.82. The van der Waals surface area contributed by atoms with Gasteiger partial charge in [0.25, 0.3) is 0 Å². The molecule has 0 saturated carbocycles. The fraction of sp³-hybridized carbons (Fsp3) is 0.455. The summed E-state index contributed by atoms with van der Waals surface area (Å²) in [6.07, 6.45) is 26.9. The minimum atomic E-state index is 0.228.